The number of ether oxygens (including phenoxy) is 1. The molecule has 1 fully saturated rings. The number of rotatable bonds is 6. The molecule has 3 heteroatoms. The molecule has 0 bridgehead atoms. The third kappa shape index (κ3) is 2.71. The van der Waals surface area contributed by atoms with Crippen LogP contribution < -0.4 is 0 Å². The largest absolute Gasteiger partial charge is 0.478 e. The molecule has 0 aromatic heterocycles. The van der Waals surface area contributed by atoms with E-state index < -0.39 is 5.97 Å². The van der Waals surface area contributed by atoms with Crippen LogP contribution in [0.4, 0.5) is 0 Å². The molecular weight excluding hydrogens is 240 g/mol. The monoisotopic (exact) mass is 260 g/mol. The van der Waals surface area contributed by atoms with E-state index in [4.69, 9.17) is 4.74 Å². The van der Waals surface area contributed by atoms with Gasteiger partial charge in [0.15, 0.2) is 0 Å². The fourth-order valence-corrected chi connectivity index (χ4v) is 2.99. The second-order valence-electron chi connectivity index (χ2n) is 5.31. The molecule has 1 heterocycles. The Balaban J connectivity index is 2.21. The Morgan fingerprint density at radius 2 is 2.05 bits per heavy atom. The zero-order valence-electron chi connectivity index (χ0n) is 11.3. The van der Waals surface area contributed by atoms with Gasteiger partial charge < -0.3 is 9.84 Å². The summed E-state index contributed by atoms with van der Waals surface area (Å²) in [5.41, 5.74) is 1.43. The molecule has 1 unspecified atom stereocenters. The number of carboxylic acids is 1. The van der Waals surface area contributed by atoms with Crippen LogP contribution in [0.2, 0.25) is 0 Å². The number of hydrogen-bond donors (Lipinski definition) is 1. The maximum Gasteiger partial charge on any atom is 0.331 e. The van der Waals surface area contributed by atoms with Crippen molar-refractivity contribution in [1.29, 1.82) is 0 Å². The highest BCUT2D eigenvalue weighted by atomic mass is 16.5. The van der Waals surface area contributed by atoms with Crippen LogP contribution in [0.25, 0.3) is 0 Å². The topological polar surface area (TPSA) is 46.5 Å². The van der Waals surface area contributed by atoms with Gasteiger partial charge in [0.05, 0.1) is 13.2 Å². The van der Waals surface area contributed by atoms with Crippen LogP contribution in [0.3, 0.4) is 0 Å². The zero-order chi connectivity index (χ0) is 13.9. The van der Waals surface area contributed by atoms with Crippen LogP contribution in [0.5, 0.6) is 0 Å². The van der Waals surface area contributed by atoms with Gasteiger partial charge in [0.2, 0.25) is 0 Å². The van der Waals surface area contributed by atoms with Crippen LogP contribution in [-0.4, -0.2) is 24.3 Å². The Morgan fingerprint density at radius 3 is 2.47 bits per heavy atom. The molecule has 1 N–H and O–H groups in total. The summed E-state index contributed by atoms with van der Waals surface area (Å²) in [6, 6.07) is 10.2. The zero-order valence-corrected chi connectivity index (χ0v) is 11.3. The minimum Gasteiger partial charge on any atom is -0.478 e. The van der Waals surface area contributed by atoms with Gasteiger partial charge in [-0.15, -0.1) is 0 Å². The first-order chi connectivity index (χ1) is 9.09. The van der Waals surface area contributed by atoms with Gasteiger partial charge in [-0.05, 0) is 18.4 Å². The van der Waals surface area contributed by atoms with Gasteiger partial charge in [0.1, 0.15) is 0 Å². The van der Waals surface area contributed by atoms with E-state index in [2.05, 4.69) is 18.7 Å². The summed E-state index contributed by atoms with van der Waals surface area (Å²) in [5, 5.41) is 9.19. The molecular formula is C16H20O3. The van der Waals surface area contributed by atoms with Crippen LogP contribution in [0, 0.1) is 11.3 Å². The number of hydrogen-bond acceptors (Lipinski definition) is 2. The van der Waals surface area contributed by atoms with Crippen LogP contribution >= 0.6 is 0 Å². The van der Waals surface area contributed by atoms with E-state index >= 15 is 0 Å². The molecule has 1 aliphatic rings. The standard InChI is InChI=1S/C16H20O3/c1-3-14(12(2)15(17)18)16(10-19-11-16)9-13-7-5-4-6-8-13/h4-8,14H,2-3,9-11H2,1H3,(H,17,18). The van der Waals surface area contributed by atoms with Gasteiger partial charge in [-0.1, -0.05) is 43.8 Å². The number of carboxylic acid groups (broad SMARTS) is 1. The van der Waals surface area contributed by atoms with Gasteiger partial charge in [-0.25, -0.2) is 4.79 Å². The van der Waals surface area contributed by atoms with Crippen molar-refractivity contribution in [2.45, 2.75) is 19.8 Å². The van der Waals surface area contributed by atoms with Crippen LogP contribution in [-0.2, 0) is 16.0 Å². The lowest BCUT2D eigenvalue weighted by molar-refractivity contribution is -0.148. The van der Waals surface area contributed by atoms with Gasteiger partial charge in [-0.3, -0.25) is 0 Å². The summed E-state index contributed by atoms with van der Waals surface area (Å²) < 4.78 is 5.39. The van der Waals surface area contributed by atoms with Gasteiger partial charge in [0.25, 0.3) is 0 Å². The van der Waals surface area contributed by atoms with Crippen molar-refractivity contribution >= 4 is 5.97 Å². The fourth-order valence-electron chi connectivity index (χ4n) is 2.99. The summed E-state index contributed by atoms with van der Waals surface area (Å²) >= 11 is 0. The molecule has 1 aromatic carbocycles. The predicted octanol–water partition coefficient (Wildman–Crippen LogP) is 2.91. The third-order valence-corrected chi connectivity index (χ3v) is 4.02. The Morgan fingerprint density at radius 1 is 1.42 bits per heavy atom. The fraction of sp³-hybridized carbons (Fsp3) is 0.438. The van der Waals surface area contributed by atoms with E-state index in [0.717, 1.165) is 12.8 Å². The van der Waals surface area contributed by atoms with Crippen molar-refractivity contribution in [3.05, 3.63) is 48.0 Å². The van der Waals surface area contributed by atoms with E-state index in [1.54, 1.807) is 0 Å². The quantitative estimate of drug-likeness (QED) is 0.800. The average Bonchev–Trinajstić information content (AvgIpc) is 2.37. The normalized spacial score (nSPS) is 18.4. The number of benzene rings is 1. The summed E-state index contributed by atoms with van der Waals surface area (Å²) in [6.07, 6.45) is 1.62. The highest BCUT2D eigenvalue weighted by molar-refractivity contribution is 5.86. The van der Waals surface area contributed by atoms with Crippen molar-refractivity contribution in [1.82, 2.24) is 0 Å². The lowest BCUT2D eigenvalue weighted by Crippen LogP contribution is -2.51. The van der Waals surface area contributed by atoms with Crippen LogP contribution in [0.15, 0.2) is 42.5 Å². The maximum absolute atomic E-state index is 11.2. The van der Waals surface area contributed by atoms with Crippen molar-refractivity contribution in [3.8, 4) is 0 Å². The van der Waals surface area contributed by atoms with Gasteiger partial charge in [0, 0.05) is 16.9 Å². The summed E-state index contributed by atoms with van der Waals surface area (Å²) in [7, 11) is 0. The lowest BCUT2D eigenvalue weighted by atomic mass is 9.66. The summed E-state index contributed by atoms with van der Waals surface area (Å²) in [6.45, 7) is 7.01. The second kappa shape index (κ2) is 5.57. The van der Waals surface area contributed by atoms with Crippen LogP contribution in [0.1, 0.15) is 18.9 Å². The molecule has 0 radical (unpaired) electrons. The molecule has 3 nitrogen and oxygen atoms in total. The molecule has 0 saturated carbocycles. The van der Waals surface area contributed by atoms with Gasteiger partial charge in [-0.2, -0.15) is 0 Å². The smallest absolute Gasteiger partial charge is 0.331 e. The molecule has 1 aromatic rings. The Kier molecular flexibility index (Phi) is 4.05. The number of carbonyl (C=O) groups is 1. The average molecular weight is 260 g/mol. The molecule has 102 valence electrons. The van der Waals surface area contributed by atoms with E-state index in [9.17, 15) is 9.90 Å². The molecule has 0 spiro atoms. The first-order valence-electron chi connectivity index (χ1n) is 6.63. The van der Waals surface area contributed by atoms with E-state index in [-0.39, 0.29) is 11.3 Å². The van der Waals surface area contributed by atoms with E-state index in [0.29, 0.717) is 18.8 Å². The first kappa shape index (κ1) is 13.8. The van der Waals surface area contributed by atoms with Crippen molar-refractivity contribution in [2.24, 2.45) is 11.3 Å². The number of aliphatic carboxylic acids is 1. The molecule has 1 saturated heterocycles. The summed E-state index contributed by atoms with van der Waals surface area (Å²) in [4.78, 5) is 11.2. The maximum atomic E-state index is 11.2. The minimum absolute atomic E-state index is 0.0287. The highest BCUT2D eigenvalue weighted by Crippen LogP contribution is 2.44. The Hall–Kier alpha value is -1.61. The van der Waals surface area contributed by atoms with E-state index in [1.165, 1.54) is 5.56 Å². The molecule has 0 aliphatic carbocycles. The lowest BCUT2D eigenvalue weighted by Gasteiger charge is -2.47. The molecule has 1 atom stereocenters. The SMILES string of the molecule is C=C(C(=O)O)C(CC)C1(Cc2ccccc2)COC1. The second-order valence-corrected chi connectivity index (χ2v) is 5.31. The molecule has 0 amide bonds. The predicted molar refractivity (Wildman–Crippen MR) is 74.0 cm³/mol. The Bertz CT molecular complexity index is 460. The minimum atomic E-state index is -0.897. The van der Waals surface area contributed by atoms with Gasteiger partial charge >= 0.3 is 5.97 Å². The molecule has 19 heavy (non-hydrogen) atoms. The third-order valence-electron chi connectivity index (χ3n) is 4.02. The molecule has 1 aliphatic heterocycles. The van der Waals surface area contributed by atoms with Crippen molar-refractivity contribution in [3.63, 3.8) is 0 Å². The Labute approximate surface area is 113 Å². The highest BCUT2D eigenvalue weighted by Gasteiger charge is 2.46. The molecule has 2 rings (SSSR count). The van der Waals surface area contributed by atoms with Crippen molar-refractivity contribution < 1.29 is 14.6 Å². The summed E-state index contributed by atoms with van der Waals surface area (Å²) in [5.74, 6) is -0.926. The van der Waals surface area contributed by atoms with E-state index in [1.807, 2.05) is 25.1 Å². The van der Waals surface area contributed by atoms with Crippen molar-refractivity contribution in [2.75, 3.05) is 13.2 Å². The first-order valence-corrected chi connectivity index (χ1v) is 6.63.